The van der Waals surface area contributed by atoms with Crippen LogP contribution in [0.3, 0.4) is 0 Å². The Kier molecular flexibility index (Phi) is 4.41. The lowest BCUT2D eigenvalue weighted by Crippen LogP contribution is -2.44. The van der Waals surface area contributed by atoms with E-state index >= 15 is 0 Å². The van der Waals surface area contributed by atoms with Gasteiger partial charge in [-0.05, 0) is 42.7 Å². The molecule has 0 bridgehead atoms. The Hall–Kier alpha value is -2.46. The highest BCUT2D eigenvalue weighted by atomic mass is 127. The number of aryl methyl sites for hydroxylation is 1. The molecule has 1 aromatic carbocycles. The predicted octanol–water partition coefficient (Wildman–Crippen LogP) is 3.72. The zero-order valence-electron chi connectivity index (χ0n) is 16.5. The topological polar surface area (TPSA) is 90.7 Å². The number of aromatic nitrogens is 2. The third-order valence-electron chi connectivity index (χ3n) is 6.24. The van der Waals surface area contributed by atoms with Crippen LogP contribution in [0.2, 0.25) is 0 Å². The number of rotatable bonds is 3. The Balaban J connectivity index is 1.84. The van der Waals surface area contributed by atoms with E-state index in [4.69, 9.17) is 12.8 Å². The number of aromatic hydroxyl groups is 1. The first-order valence-electron chi connectivity index (χ1n) is 9.84. The molecule has 8 heteroatoms. The average molecular weight is 518 g/mol. The summed E-state index contributed by atoms with van der Waals surface area (Å²) in [6.07, 6.45) is 1.09. The number of esters is 1. The van der Waals surface area contributed by atoms with Crippen LogP contribution in [0.25, 0.3) is 22.3 Å². The Labute approximate surface area is 186 Å². The second-order valence-electron chi connectivity index (χ2n) is 7.62. The third-order valence-corrected chi connectivity index (χ3v) is 6.99. The van der Waals surface area contributed by atoms with E-state index in [-0.39, 0.29) is 17.9 Å². The van der Waals surface area contributed by atoms with Gasteiger partial charge >= 0.3 is 5.97 Å². The highest BCUT2D eigenvalue weighted by molar-refractivity contribution is 14.1. The molecule has 4 heterocycles. The van der Waals surface area contributed by atoms with Gasteiger partial charge in [0.1, 0.15) is 35.4 Å². The van der Waals surface area contributed by atoms with Gasteiger partial charge in [-0.15, -0.1) is 0 Å². The molecule has 0 amide bonds. The smallest absolute Gasteiger partial charge is 0.344 e. The molecule has 0 fully saturated rings. The van der Waals surface area contributed by atoms with Crippen LogP contribution < -0.4 is 5.56 Å². The van der Waals surface area contributed by atoms with Gasteiger partial charge in [0.15, 0.2) is 0 Å². The number of halogens is 1. The summed E-state index contributed by atoms with van der Waals surface area (Å²) < 4.78 is 12.6. The van der Waals surface area contributed by atoms with Crippen LogP contribution in [0.1, 0.15) is 42.5 Å². The minimum Gasteiger partial charge on any atom is -0.508 e. The van der Waals surface area contributed by atoms with Crippen molar-refractivity contribution in [1.82, 2.24) is 9.55 Å². The van der Waals surface area contributed by atoms with E-state index < -0.39 is 11.6 Å². The molecular formula is C22H19IN2O5. The van der Waals surface area contributed by atoms with Crippen LogP contribution >= 0.6 is 23.0 Å². The van der Waals surface area contributed by atoms with Crippen molar-refractivity contribution in [2.45, 2.75) is 45.4 Å². The molecule has 0 saturated heterocycles. The number of phenols is 1. The van der Waals surface area contributed by atoms with E-state index in [9.17, 15) is 14.7 Å². The fraction of sp³-hybridized carbons (Fsp3) is 0.318. The van der Waals surface area contributed by atoms with Gasteiger partial charge in [0.25, 0.3) is 5.56 Å². The van der Waals surface area contributed by atoms with Crippen molar-refractivity contribution in [3.8, 4) is 17.1 Å². The highest BCUT2D eigenvalue weighted by Gasteiger charge is 2.48. The molecule has 0 unspecified atom stereocenters. The van der Waals surface area contributed by atoms with E-state index in [1.807, 2.05) is 13.0 Å². The summed E-state index contributed by atoms with van der Waals surface area (Å²) in [4.78, 5) is 30.8. The summed E-state index contributed by atoms with van der Waals surface area (Å²) in [7, 11) is 0. The minimum absolute atomic E-state index is 0.0602. The number of fused-ring (bicyclic) bond motifs is 5. The lowest BCUT2D eigenvalue weighted by Gasteiger charge is -2.33. The normalized spacial score (nSPS) is 19.4. The Bertz CT molecular complexity index is 1290. The number of cyclic esters (lactones) is 1. The number of nitrogens with zero attached hydrogens (tertiary/aromatic N) is 2. The second-order valence-corrected chi connectivity index (χ2v) is 8.06. The van der Waals surface area contributed by atoms with Crippen molar-refractivity contribution in [2.24, 2.45) is 0 Å². The van der Waals surface area contributed by atoms with Crippen LogP contribution in [0.4, 0.5) is 0 Å². The molecule has 0 saturated carbocycles. The van der Waals surface area contributed by atoms with Gasteiger partial charge in [0.05, 0.1) is 29.0 Å². The largest absolute Gasteiger partial charge is 0.508 e. The van der Waals surface area contributed by atoms with Crippen LogP contribution in [0.5, 0.6) is 5.75 Å². The molecule has 1 N–H and O–H groups in total. The summed E-state index contributed by atoms with van der Waals surface area (Å²) in [6.45, 7) is 4.22. The number of phenolic OH excluding ortho intramolecular Hbond substituents is 1. The number of pyridine rings is 2. The lowest BCUT2D eigenvalue weighted by atomic mass is 9.86. The predicted molar refractivity (Wildman–Crippen MR) is 118 cm³/mol. The van der Waals surface area contributed by atoms with Gasteiger partial charge in [0, 0.05) is 16.5 Å². The van der Waals surface area contributed by atoms with Gasteiger partial charge in [-0.1, -0.05) is 13.8 Å². The molecule has 2 aliphatic rings. The first-order valence-corrected chi connectivity index (χ1v) is 10.7. The number of hydrogen-bond donors (Lipinski definition) is 1. The van der Waals surface area contributed by atoms with Crippen LogP contribution in [0.15, 0.2) is 29.1 Å². The molecule has 0 aliphatic carbocycles. The summed E-state index contributed by atoms with van der Waals surface area (Å²) in [5.74, 6) is -0.296. The molecular weight excluding hydrogens is 499 g/mol. The van der Waals surface area contributed by atoms with E-state index in [2.05, 4.69) is 6.92 Å². The maximum absolute atomic E-state index is 13.4. The Morgan fingerprint density at radius 3 is 2.77 bits per heavy atom. The standard InChI is InChI=1S/C22H19IN2O5/c1-3-12-13-7-11(26)5-6-17(13)24-19-14(12)9-25-18(19)8-16-15(20(25)27)10-29-21(28)22(16,4-2)30-23/h5-8,26H,3-4,9-10H2,1-2H3/t22-/m0/s1. The number of benzene rings is 1. The maximum atomic E-state index is 13.4. The molecule has 2 aliphatic heterocycles. The summed E-state index contributed by atoms with van der Waals surface area (Å²) in [6, 6.07) is 6.98. The Morgan fingerprint density at radius 2 is 2.07 bits per heavy atom. The van der Waals surface area contributed by atoms with Crippen molar-refractivity contribution in [2.75, 3.05) is 0 Å². The SMILES string of the molecule is CCc1c2c(nc3ccc(O)cc13)-c1cc3c(c(=O)n1C2)COC(=O)[C@@]3(CC)OI. The van der Waals surface area contributed by atoms with E-state index in [1.165, 1.54) is 0 Å². The average Bonchev–Trinajstić information content (AvgIpc) is 3.11. The summed E-state index contributed by atoms with van der Waals surface area (Å²) in [5, 5.41) is 10.8. The number of carbonyl (C=O) groups is 1. The van der Waals surface area contributed by atoms with Crippen molar-refractivity contribution >= 4 is 39.9 Å². The third kappa shape index (κ3) is 2.43. The molecule has 1 atom stereocenters. The monoisotopic (exact) mass is 518 g/mol. The summed E-state index contributed by atoms with van der Waals surface area (Å²) >= 11 is 1.71. The fourth-order valence-electron chi connectivity index (χ4n) is 4.67. The van der Waals surface area contributed by atoms with Gasteiger partial charge in [0.2, 0.25) is 5.60 Å². The van der Waals surface area contributed by atoms with E-state index in [1.54, 1.807) is 45.8 Å². The lowest BCUT2D eigenvalue weighted by molar-refractivity contribution is -0.165. The molecule has 2 aromatic heterocycles. The molecule has 0 radical (unpaired) electrons. The summed E-state index contributed by atoms with van der Waals surface area (Å²) in [5.41, 5.74) is 3.73. The quantitative estimate of drug-likeness (QED) is 0.329. The first-order chi connectivity index (χ1) is 14.4. The fourth-order valence-corrected chi connectivity index (χ4v) is 5.40. The minimum atomic E-state index is -1.30. The molecule has 30 heavy (non-hydrogen) atoms. The van der Waals surface area contributed by atoms with E-state index in [0.717, 1.165) is 34.1 Å². The molecule has 0 spiro atoms. The Morgan fingerprint density at radius 1 is 1.27 bits per heavy atom. The maximum Gasteiger partial charge on any atom is 0.344 e. The molecule has 3 aromatic rings. The van der Waals surface area contributed by atoms with Gasteiger partial charge < -0.3 is 14.4 Å². The van der Waals surface area contributed by atoms with Gasteiger partial charge in [-0.2, -0.15) is 0 Å². The van der Waals surface area contributed by atoms with Crippen LogP contribution in [-0.2, 0) is 37.8 Å². The number of hydrogen-bond acceptors (Lipinski definition) is 6. The van der Waals surface area contributed by atoms with Gasteiger partial charge in [-0.25, -0.2) is 9.78 Å². The highest BCUT2D eigenvalue weighted by Crippen LogP contribution is 2.42. The zero-order chi connectivity index (χ0) is 21.2. The van der Waals surface area contributed by atoms with Crippen LogP contribution in [0, 0.1) is 0 Å². The van der Waals surface area contributed by atoms with Crippen molar-refractivity contribution < 1.29 is 17.7 Å². The van der Waals surface area contributed by atoms with Crippen molar-refractivity contribution in [1.29, 1.82) is 0 Å². The number of ether oxygens (including phenoxy) is 1. The zero-order valence-corrected chi connectivity index (χ0v) is 18.6. The second kappa shape index (κ2) is 6.78. The van der Waals surface area contributed by atoms with Gasteiger partial charge in [-0.3, -0.25) is 7.86 Å². The van der Waals surface area contributed by atoms with Crippen molar-refractivity contribution in [3.63, 3.8) is 0 Å². The first kappa shape index (κ1) is 19.5. The van der Waals surface area contributed by atoms with Crippen molar-refractivity contribution in [3.05, 3.63) is 56.9 Å². The molecule has 5 rings (SSSR count). The number of carbonyl (C=O) groups excluding carboxylic acids is 1. The van der Waals surface area contributed by atoms with E-state index in [0.29, 0.717) is 29.8 Å². The van der Waals surface area contributed by atoms with Crippen LogP contribution in [-0.4, -0.2) is 20.6 Å². The molecule has 7 nitrogen and oxygen atoms in total. The molecule has 154 valence electrons.